The third-order valence-corrected chi connectivity index (χ3v) is 2.64. The van der Waals surface area contributed by atoms with Gasteiger partial charge >= 0.3 is 5.97 Å². The zero-order valence-corrected chi connectivity index (χ0v) is 11.2. The second-order valence-corrected chi connectivity index (χ2v) is 4.17. The van der Waals surface area contributed by atoms with Gasteiger partial charge in [0.1, 0.15) is 5.71 Å². The number of benzene rings is 1. The zero-order chi connectivity index (χ0) is 12.1. The van der Waals surface area contributed by atoms with Crippen LogP contribution in [0.1, 0.15) is 18.1 Å². The number of halogens is 1. The van der Waals surface area contributed by atoms with E-state index in [1.807, 2.05) is 25.1 Å². The maximum Gasteiger partial charge on any atom is 0.357 e. The Morgan fingerprint density at radius 2 is 2.19 bits per heavy atom. The normalized spacial score (nSPS) is 11.4. The second-order valence-electron chi connectivity index (χ2n) is 3.25. The molecule has 0 heterocycles. The van der Waals surface area contributed by atoms with Crippen molar-refractivity contribution in [1.29, 1.82) is 0 Å². The Bertz CT molecular complexity index is 427. The number of aryl methyl sites for hydroxylation is 1. The molecule has 0 radical (unpaired) electrons. The van der Waals surface area contributed by atoms with E-state index in [0.29, 0.717) is 12.3 Å². The topological polar surface area (TPSA) is 38.7 Å². The summed E-state index contributed by atoms with van der Waals surface area (Å²) in [5.74, 6) is -0.383. The molecule has 0 saturated heterocycles. The van der Waals surface area contributed by atoms with Gasteiger partial charge in [-0.25, -0.2) is 4.79 Å². The molecule has 16 heavy (non-hydrogen) atoms. The standard InChI is InChI=1S/C12H14BrNO2/c1-4-16-12(15)11(14-3)10-7-9(13)6-5-8(10)2/h5-7H,4H2,1-3H3. The summed E-state index contributed by atoms with van der Waals surface area (Å²) in [7, 11) is 1.59. The van der Waals surface area contributed by atoms with Crippen LogP contribution < -0.4 is 0 Å². The highest BCUT2D eigenvalue weighted by atomic mass is 79.9. The number of hydrogen-bond acceptors (Lipinski definition) is 3. The molecular formula is C12H14BrNO2. The summed E-state index contributed by atoms with van der Waals surface area (Å²) in [4.78, 5) is 15.7. The summed E-state index contributed by atoms with van der Waals surface area (Å²) in [6.45, 7) is 4.07. The Labute approximate surface area is 104 Å². The number of rotatable bonds is 3. The number of nitrogens with zero attached hydrogens (tertiary/aromatic N) is 1. The third kappa shape index (κ3) is 2.92. The monoisotopic (exact) mass is 283 g/mol. The third-order valence-electron chi connectivity index (χ3n) is 2.15. The molecule has 1 aromatic rings. The second kappa shape index (κ2) is 5.80. The molecule has 0 N–H and O–H groups in total. The molecule has 0 aliphatic carbocycles. The van der Waals surface area contributed by atoms with E-state index in [9.17, 15) is 4.79 Å². The summed E-state index contributed by atoms with van der Waals surface area (Å²) in [5.41, 5.74) is 2.16. The highest BCUT2D eigenvalue weighted by Gasteiger charge is 2.16. The molecule has 1 rings (SSSR count). The van der Waals surface area contributed by atoms with Crippen molar-refractivity contribution >= 4 is 27.6 Å². The van der Waals surface area contributed by atoms with E-state index in [1.54, 1.807) is 14.0 Å². The summed E-state index contributed by atoms with van der Waals surface area (Å²) >= 11 is 3.37. The Balaban J connectivity index is 3.14. The number of hydrogen-bond donors (Lipinski definition) is 0. The van der Waals surface area contributed by atoms with Crippen molar-refractivity contribution in [3.8, 4) is 0 Å². The maximum absolute atomic E-state index is 11.7. The van der Waals surface area contributed by atoms with E-state index < -0.39 is 0 Å². The van der Waals surface area contributed by atoms with Crippen molar-refractivity contribution in [2.75, 3.05) is 13.7 Å². The smallest absolute Gasteiger partial charge is 0.357 e. The van der Waals surface area contributed by atoms with Crippen molar-refractivity contribution < 1.29 is 9.53 Å². The van der Waals surface area contributed by atoms with E-state index in [0.717, 1.165) is 15.6 Å². The number of ether oxygens (including phenoxy) is 1. The van der Waals surface area contributed by atoms with Crippen LogP contribution in [0.3, 0.4) is 0 Å². The van der Waals surface area contributed by atoms with Crippen LogP contribution in [0.15, 0.2) is 27.7 Å². The van der Waals surface area contributed by atoms with Crippen LogP contribution in [0.2, 0.25) is 0 Å². The Morgan fingerprint density at radius 3 is 2.75 bits per heavy atom. The highest BCUT2D eigenvalue weighted by Crippen LogP contribution is 2.17. The number of esters is 1. The van der Waals surface area contributed by atoms with Gasteiger partial charge < -0.3 is 4.74 Å². The van der Waals surface area contributed by atoms with Crippen molar-refractivity contribution in [3.63, 3.8) is 0 Å². The molecule has 0 aliphatic heterocycles. The quantitative estimate of drug-likeness (QED) is 0.632. The highest BCUT2D eigenvalue weighted by molar-refractivity contribution is 9.10. The fraction of sp³-hybridized carbons (Fsp3) is 0.333. The lowest BCUT2D eigenvalue weighted by atomic mass is 10.0. The van der Waals surface area contributed by atoms with Crippen LogP contribution in [0, 0.1) is 6.92 Å². The van der Waals surface area contributed by atoms with Gasteiger partial charge in [0.15, 0.2) is 0 Å². The van der Waals surface area contributed by atoms with Gasteiger partial charge in [-0.05, 0) is 31.5 Å². The van der Waals surface area contributed by atoms with E-state index in [-0.39, 0.29) is 5.97 Å². The van der Waals surface area contributed by atoms with Gasteiger partial charge in [-0.15, -0.1) is 0 Å². The maximum atomic E-state index is 11.7. The molecule has 0 spiro atoms. The predicted molar refractivity (Wildman–Crippen MR) is 68.0 cm³/mol. The fourth-order valence-corrected chi connectivity index (χ4v) is 1.73. The van der Waals surface area contributed by atoms with Crippen molar-refractivity contribution in [3.05, 3.63) is 33.8 Å². The number of aliphatic imine (C=N–C) groups is 1. The van der Waals surface area contributed by atoms with E-state index >= 15 is 0 Å². The molecule has 0 fully saturated rings. The lowest BCUT2D eigenvalue weighted by Gasteiger charge is -2.08. The van der Waals surface area contributed by atoms with E-state index in [4.69, 9.17) is 4.74 Å². The molecule has 0 aliphatic rings. The lowest BCUT2D eigenvalue weighted by molar-refractivity contribution is -0.134. The minimum Gasteiger partial charge on any atom is -0.461 e. The van der Waals surface area contributed by atoms with Crippen molar-refractivity contribution in [1.82, 2.24) is 0 Å². The first-order chi connectivity index (χ1) is 7.60. The molecule has 0 atom stereocenters. The molecule has 4 heteroatoms. The average molecular weight is 284 g/mol. The minimum atomic E-state index is -0.383. The average Bonchev–Trinajstić information content (AvgIpc) is 2.24. The molecule has 0 saturated carbocycles. The molecule has 0 bridgehead atoms. The van der Waals surface area contributed by atoms with Crippen molar-refractivity contribution in [2.24, 2.45) is 4.99 Å². The number of carbonyl (C=O) groups is 1. The van der Waals surface area contributed by atoms with Gasteiger partial charge in [0.2, 0.25) is 0 Å². The van der Waals surface area contributed by atoms with Gasteiger partial charge in [0.05, 0.1) is 6.61 Å². The van der Waals surface area contributed by atoms with Gasteiger partial charge in [-0.1, -0.05) is 22.0 Å². The van der Waals surface area contributed by atoms with Gasteiger partial charge in [-0.3, -0.25) is 4.99 Å². The van der Waals surface area contributed by atoms with Gasteiger partial charge in [-0.2, -0.15) is 0 Å². The summed E-state index contributed by atoms with van der Waals surface area (Å²) in [6, 6.07) is 5.73. The Kier molecular flexibility index (Phi) is 4.68. The predicted octanol–water partition coefficient (Wildman–Crippen LogP) is 2.74. The molecule has 0 aromatic heterocycles. The van der Waals surface area contributed by atoms with Crippen LogP contribution in [-0.4, -0.2) is 25.3 Å². The van der Waals surface area contributed by atoms with Gasteiger partial charge in [0.25, 0.3) is 0 Å². The van der Waals surface area contributed by atoms with Crippen LogP contribution in [-0.2, 0) is 9.53 Å². The first-order valence-electron chi connectivity index (χ1n) is 5.00. The molecule has 86 valence electrons. The van der Waals surface area contributed by atoms with Gasteiger partial charge in [0, 0.05) is 17.1 Å². The fourth-order valence-electron chi connectivity index (χ4n) is 1.37. The molecular weight excluding hydrogens is 270 g/mol. The zero-order valence-electron chi connectivity index (χ0n) is 9.58. The summed E-state index contributed by atoms with van der Waals surface area (Å²) in [5, 5.41) is 0. The Hall–Kier alpha value is -1.16. The van der Waals surface area contributed by atoms with Crippen LogP contribution in [0.4, 0.5) is 0 Å². The van der Waals surface area contributed by atoms with Crippen LogP contribution in [0.5, 0.6) is 0 Å². The SMILES string of the molecule is CCOC(=O)C(=NC)c1cc(Br)ccc1C. The molecule has 3 nitrogen and oxygen atoms in total. The Morgan fingerprint density at radius 1 is 1.50 bits per heavy atom. The van der Waals surface area contributed by atoms with Crippen molar-refractivity contribution in [2.45, 2.75) is 13.8 Å². The first kappa shape index (κ1) is 12.9. The van der Waals surface area contributed by atoms with E-state index in [2.05, 4.69) is 20.9 Å². The minimum absolute atomic E-state index is 0.352. The summed E-state index contributed by atoms with van der Waals surface area (Å²) < 4.78 is 5.87. The first-order valence-corrected chi connectivity index (χ1v) is 5.79. The summed E-state index contributed by atoms with van der Waals surface area (Å²) in [6.07, 6.45) is 0. The van der Waals surface area contributed by atoms with E-state index in [1.165, 1.54) is 0 Å². The largest absolute Gasteiger partial charge is 0.461 e. The lowest BCUT2D eigenvalue weighted by Crippen LogP contribution is -2.19. The van der Waals surface area contributed by atoms with Crippen LogP contribution in [0.25, 0.3) is 0 Å². The molecule has 0 amide bonds. The molecule has 1 aromatic carbocycles. The number of carbonyl (C=O) groups excluding carboxylic acids is 1. The van der Waals surface area contributed by atoms with Crippen LogP contribution >= 0.6 is 15.9 Å². The molecule has 0 unspecified atom stereocenters.